The summed E-state index contributed by atoms with van der Waals surface area (Å²) in [5, 5.41) is 11.3. The smallest absolute Gasteiger partial charge is 0.305 e. The molecule has 0 atom stereocenters. The number of aliphatic carboxylic acids is 1. The highest BCUT2D eigenvalue weighted by atomic mass is 19.1. The average Bonchev–Trinajstić information content (AvgIpc) is 2.87. The summed E-state index contributed by atoms with van der Waals surface area (Å²) in [5.41, 5.74) is 0.965. The van der Waals surface area contributed by atoms with E-state index in [4.69, 9.17) is 5.11 Å². The van der Waals surface area contributed by atoms with Gasteiger partial charge in [-0.15, -0.1) is 0 Å². The zero-order valence-electron chi connectivity index (χ0n) is 22.3. The third-order valence-electron chi connectivity index (χ3n) is 7.69. The first kappa shape index (κ1) is 29.1. The van der Waals surface area contributed by atoms with Crippen molar-refractivity contribution in [2.45, 2.75) is 58.0 Å². The molecule has 0 heterocycles. The maximum atomic E-state index is 14.6. The number of nitrogens with one attached hydrogen (secondary N) is 1. The molecule has 206 valence electrons. The largest absolute Gasteiger partial charge is 0.481 e. The minimum Gasteiger partial charge on any atom is -0.481 e. The molecule has 2 aromatic rings. The number of anilines is 1. The van der Waals surface area contributed by atoms with Gasteiger partial charge in [0.15, 0.2) is 0 Å². The van der Waals surface area contributed by atoms with E-state index in [1.165, 1.54) is 12.1 Å². The SMILES string of the molecule is CC(C)C1CCC(CN(C)c2ccc(F)cc2F)(N(C=O)Cc2ccc(C(=O)NCCC(=O)O)cc2)CC1. The summed E-state index contributed by atoms with van der Waals surface area (Å²) in [5.74, 6) is -1.56. The highest BCUT2D eigenvalue weighted by Crippen LogP contribution is 2.41. The minimum absolute atomic E-state index is 0.0386. The van der Waals surface area contributed by atoms with Gasteiger partial charge in [0.2, 0.25) is 6.41 Å². The van der Waals surface area contributed by atoms with Crippen LogP contribution in [0.15, 0.2) is 42.5 Å². The van der Waals surface area contributed by atoms with Crippen LogP contribution in [0.1, 0.15) is 61.9 Å². The molecule has 0 aromatic heterocycles. The van der Waals surface area contributed by atoms with Gasteiger partial charge in [0.1, 0.15) is 11.6 Å². The maximum Gasteiger partial charge on any atom is 0.305 e. The number of benzene rings is 2. The highest BCUT2D eigenvalue weighted by Gasteiger charge is 2.41. The number of amides is 2. The second-order valence-corrected chi connectivity index (χ2v) is 10.6. The van der Waals surface area contributed by atoms with Gasteiger partial charge in [-0.25, -0.2) is 8.78 Å². The Hall–Kier alpha value is -3.49. The van der Waals surface area contributed by atoms with Gasteiger partial charge < -0.3 is 20.2 Å². The van der Waals surface area contributed by atoms with Crippen LogP contribution in [0.3, 0.4) is 0 Å². The van der Waals surface area contributed by atoms with E-state index in [1.807, 2.05) is 0 Å². The topological polar surface area (TPSA) is 90.0 Å². The molecule has 0 unspecified atom stereocenters. The van der Waals surface area contributed by atoms with Crippen molar-refractivity contribution < 1.29 is 28.3 Å². The number of carboxylic acids is 1. The summed E-state index contributed by atoms with van der Waals surface area (Å²) in [7, 11) is 1.76. The van der Waals surface area contributed by atoms with E-state index >= 15 is 0 Å². The molecular formula is C29H37F2N3O4. The van der Waals surface area contributed by atoms with Crippen LogP contribution in [-0.4, -0.2) is 54.0 Å². The van der Waals surface area contributed by atoms with Gasteiger partial charge in [-0.2, -0.15) is 0 Å². The summed E-state index contributed by atoms with van der Waals surface area (Å²) in [6, 6.07) is 10.4. The average molecular weight is 530 g/mol. The normalized spacial score (nSPS) is 19.2. The number of carbonyl (C=O) groups excluding carboxylic acids is 2. The van der Waals surface area contributed by atoms with Crippen LogP contribution in [0.5, 0.6) is 0 Å². The highest BCUT2D eigenvalue weighted by molar-refractivity contribution is 5.94. The van der Waals surface area contributed by atoms with Gasteiger partial charge >= 0.3 is 5.97 Å². The summed E-state index contributed by atoms with van der Waals surface area (Å²) in [6.45, 7) is 5.15. The van der Waals surface area contributed by atoms with Crippen LogP contribution < -0.4 is 10.2 Å². The van der Waals surface area contributed by atoms with Crippen LogP contribution in [-0.2, 0) is 16.1 Å². The van der Waals surface area contributed by atoms with Crippen molar-refractivity contribution in [1.82, 2.24) is 10.2 Å². The third-order valence-corrected chi connectivity index (χ3v) is 7.69. The zero-order valence-corrected chi connectivity index (χ0v) is 22.3. The molecule has 1 aliphatic carbocycles. The molecule has 9 heteroatoms. The molecule has 2 N–H and O–H groups in total. The molecule has 2 aromatic carbocycles. The Kier molecular flexibility index (Phi) is 9.83. The van der Waals surface area contributed by atoms with Gasteiger partial charge in [0.25, 0.3) is 5.91 Å². The number of carboxylic acid groups (broad SMARTS) is 1. The molecule has 0 radical (unpaired) electrons. The third kappa shape index (κ3) is 7.30. The van der Waals surface area contributed by atoms with Crippen LogP contribution in [0.2, 0.25) is 0 Å². The number of likely N-dealkylation sites (N-methyl/N-ethyl adjacent to an activating group) is 1. The summed E-state index contributed by atoms with van der Waals surface area (Å²) in [6.07, 6.45) is 4.08. The number of hydrogen-bond acceptors (Lipinski definition) is 4. The molecule has 0 saturated heterocycles. The van der Waals surface area contributed by atoms with Gasteiger partial charge in [-0.3, -0.25) is 14.4 Å². The molecule has 1 saturated carbocycles. The van der Waals surface area contributed by atoms with Crippen molar-refractivity contribution in [2.24, 2.45) is 11.8 Å². The van der Waals surface area contributed by atoms with E-state index in [-0.39, 0.29) is 24.6 Å². The van der Waals surface area contributed by atoms with Crippen molar-refractivity contribution in [3.8, 4) is 0 Å². The summed E-state index contributed by atoms with van der Waals surface area (Å²) >= 11 is 0. The number of nitrogens with zero attached hydrogens (tertiary/aromatic N) is 2. The van der Waals surface area contributed by atoms with E-state index in [0.717, 1.165) is 43.7 Å². The van der Waals surface area contributed by atoms with Crippen LogP contribution in [0.25, 0.3) is 0 Å². The zero-order chi connectivity index (χ0) is 27.9. The minimum atomic E-state index is -0.987. The van der Waals surface area contributed by atoms with Gasteiger partial charge in [0, 0.05) is 38.3 Å². The molecule has 1 aliphatic rings. The second kappa shape index (κ2) is 12.8. The first-order valence-electron chi connectivity index (χ1n) is 13.0. The van der Waals surface area contributed by atoms with Crippen molar-refractivity contribution in [1.29, 1.82) is 0 Å². The molecule has 2 amide bonds. The Morgan fingerprint density at radius 3 is 2.34 bits per heavy atom. The Bertz CT molecular complexity index is 1120. The van der Waals surface area contributed by atoms with Crippen LogP contribution >= 0.6 is 0 Å². The molecule has 38 heavy (non-hydrogen) atoms. The predicted molar refractivity (Wildman–Crippen MR) is 142 cm³/mol. The molecular weight excluding hydrogens is 492 g/mol. The maximum absolute atomic E-state index is 14.6. The number of halogens is 2. The molecule has 0 bridgehead atoms. The van der Waals surface area contributed by atoms with Gasteiger partial charge in [0.05, 0.1) is 17.6 Å². The quantitative estimate of drug-likeness (QED) is 0.384. The standard InChI is InChI=1S/C29H37F2N3O4/c1-20(2)22-10-13-29(14-11-22,18-33(3)26-9-8-24(30)16-25(26)31)34(19-35)17-21-4-6-23(7-5-21)28(38)32-15-12-27(36)37/h4-9,16,19-20,22H,10-15,17-18H2,1-3H3,(H,32,38)(H,36,37). The molecule has 3 rings (SSSR count). The van der Waals surface area contributed by atoms with Gasteiger partial charge in [-0.1, -0.05) is 26.0 Å². The Balaban J connectivity index is 1.79. The fraction of sp³-hybridized carbons (Fsp3) is 0.483. The Labute approximate surface area is 222 Å². The summed E-state index contributed by atoms with van der Waals surface area (Å²) < 4.78 is 28.1. The first-order chi connectivity index (χ1) is 18.0. The molecule has 1 fully saturated rings. The lowest BCUT2D eigenvalue weighted by atomic mass is 9.71. The lowest BCUT2D eigenvalue weighted by molar-refractivity contribution is -0.136. The van der Waals surface area contributed by atoms with Crippen molar-refractivity contribution in [3.05, 3.63) is 65.2 Å². The van der Waals surface area contributed by atoms with Crippen molar-refractivity contribution >= 4 is 24.0 Å². The molecule has 0 spiro atoms. The number of rotatable bonds is 12. The first-order valence-corrected chi connectivity index (χ1v) is 13.0. The lowest BCUT2D eigenvalue weighted by Gasteiger charge is -2.49. The predicted octanol–water partition coefficient (Wildman–Crippen LogP) is 4.85. The van der Waals surface area contributed by atoms with E-state index in [2.05, 4.69) is 19.2 Å². The van der Waals surface area contributed by atoms with E-state index < -0.39 is 23.1 Å². The Morgan fingerprint density at radius 2 is 1.79 bits per heavy atom. The van der Waals surface area contributed by atoms with Crippen LogP contribution in [0, 0.1) is 23.5 Å². The van der Waals surface area contributed by atoms with Crippen molar-refractivity contribution in [3.63, 3.8) is 0 Å². The van der Waals surface area contributed by atoms with E-state index in [0.29, 0.717) is 30.5 Å². The van der Waals surface area contributed by atoms with Crippen molar-refractivity contribution in [2.75, 3.05) is 25.0 Å². The monoisotopic (exact) mass is 529 g/mol. The molecule has 0 aliphatic heterocycles. The van der Waals surface area contributed by atoms with Crippen LogP contribution in [0.4, 0.5) is 14.5 Å². The fourth-order valence-corrected chi connectivity index (χ4v) is 5.36. The second-order valence-electron chi connectivity index (χ2n) is 10.6. The fourth-order valence-electron chi connectivity index (χ4n) is 5.36. The molecule has 7 nitrogen and oxygen atoms in total. The lowest BCUT2D eigenvalue weighted by Crippen LogP contribution is -2.56. The summed E-state index contributed by atoms with van der Waals surface area (Å²) in [4.78, 5) is 38.9. The van der Waals surface area contributed by atoms with E-state index in [1.54, 1.807) is 41.1 Å². The Morgan fingerprint density at radius 1 is 1.13 bits per heavy atom. The van der Waals surface area contributed by atoms with Gasteiger partial charge in [-0.05, 0) is 67.3 Å². The number of hydrogen-bond donors (Lipinski definition) is 2. The number of carbonyl (C=O) groups is 3. The van der Waals surface area contributed by atoms with E-state index in [9.17, 15) is 23.2 Å².